The standard InChI is InChI=1S/C6H12.C5H3BrF2N2.C5H10N2O/c1-2-4-6-5-3-1;6-4-2(7)1-3(8)5(9)10-4;6-5(8)7-3-1-2-4-7/h1-6H2;1H,(H2,9,10);1-4H2,(H2,6,8). The summed E-state index contributed by atoms with van der Waals surface area (Å²) in [5.74, 6) is -1.92. The normalized spacial score (nSPS) is 16.5. The van der Waals surface area contributed by atoms with Gasteiger partial charge in [-0.25, -0.2) is 18.6 Å². The van der Waals surface area contributed by atoms with Crippen LogP contribution >= 0.6 is 15.9 Å². The second-order valence-corrected chi connectivity index (χ2v) is 6.53. The van der Waals surface area contributed by atoms with Gasteiger partial charge in [-0.15, -0.1) is 0 Å². The van der Waals surface area contributed by atoms with E-state index in [4.69, 9.17) is 11.5 Å². The van der Waals surface area contributed by atoms with Gasteiger partial charge in [-0.3, -0.25) is 0 Å². The minimum atomic E-state index is -0.847. The Morgan fingerprint density at radius 3 is 1.79 bits per heavy atom. The highest BCUT2D eigenvalue weighted by molar-refractivity contribution is 9.10. The van der Waals surface area contributed by atoms with Crippen LogP contribution in [-0.4, -0.2) is 29.0 Å². The summed E-state index contributed by atoms with van der Waals surface area (Å²) in [7, 11) is 0. The summed E-state index contributed by atoms with van der Waals surface area (Å²) in [6, 6.07) is 0.398. The number of hydrogen-bond acceptors (Lipinski definition) is 3. The number of likely N-dealkylation sites (tertiary alicyclic amines) is 1. The average Bonchev–Trinajstić information content (AvgIpc) is 3.11. The molecule has 0 spiro atoms. The number of aromatic nitrogens is 1. The van der Waals surface area contributed by atoms with Crippen molar-refractivity contribution in [3.63, 3.8) is 0 Å². The van der Waals surface area contributed by atoms with Crippen molar-refractivity contribution in [2.24, 2.45) is 5.73 Å². The third-order valence-electron chi connectivity index (χ3n) is 3.83. The van der Waals surface area contributed by atoms with E-state index in [1.807, 2.05) is 0 Å². The smallest absolute Gasteiger partial charge is 0.314 e. The van der Waals surface area contributed by atoms with E-state index in [9.17, 15) is 13.6 Å². The molecule has 4 N–H and O–H groups in total. The van der Waals surface area contributed by atoms with Crippen LogP contribution in [0.4, 0.5) is 19.4 Å². The second kappa shape index (κ2) is 11.2. The predicted molar refractivity (Wildman–Crippen MR) is 94.4 cm³/mol. The number of halogens is 3. The van der Waals surface area contributed by atoms with Crippen LogP contribution in [0, 0.1) is 11.6 Å². The maximum absolute atomic E-state index is 12.4. The molecule has 0 bridgehead atoms. The first-order chi connectivity index (χ1) is 11.4. The van der Waals surface area contributed by atoms with Gasteiger partial charge < -0.3 is 16.4 Å². The summed E-state index contributed by atoms with van der Waals surface area (Å²) in [5.41, 5.74) is 9.99. The monoisotopic (exact) mass is 406 g/mol. The minimum absolute atomic E-state index is 0.0774. The molecular formula is C16H25BrF2N4O. The highest BCUT2D eigenvalue weighted by Crippen LogP contribution is 2.16. The molecule has 1 saturated heterocycles. The summed E-state index contributed by atoms with van der Waals surface area (Å²) in [5, 5.41) is 0. The summed E-state index contributed by atoms with van der Waals surface area (Å²) in [6.45, 7) is 1.71. The Morgan fingerprint density at radius 1 is 1.00 bits per heavy atom. The molecule has 1 aromatic rings. The maximum atomic E-state index is 12.4. The number of anilines is 1. The van der Waals surface area contributed by atoms with Gasteiger partial charge >= 0.3 is 6.03 Å². The van der Waals surface area contributed by atoms with E-state index in [1.165, 1.54) is 38.5 Å². The lowest BCUT2D eigenvalue weighted by atomic mass is 10.0. The van der Waals surface area contributed by atoms with E-state index in [0.29, 0.717) is 6.07 Å². The SMILES string of the molecule is C1CCCCC1.NC(=O)N1CCCC1.Nc1nc(Br)c(F)cc1F. The number of primary amides is 1. The molecule has 2 fully saturated rings. The maximum Gasteiger partial charge on any atom is 0.314 e. The molecular weight excluding hydrogens is 382 g/mol. The molecule has 0 aromatic carbocycles. The van der Waals surface area contributed by atoms with Gasteiger partial charge in [-0.1, -0.05) is 38.5 Å². The summed E-state index contributed by atoms with van der Waals surface area (Å²) in [4.78, 5) is 15.3. The molecule has 0 radical (unpaired) electrons. The molecule has 2 heterocycles. The van der Waals surface area contributed by atoms with E-state index in [2.05, 4.69) is 20.9 Å². The summed E-state index contributed by atoms with van der Waals surface area (Å²) in [6.07, 6.45) is 11.2. The van der Waals surface area contributed by atoms with Gasteiger partial charge in [0.1, 0.15) is 4.60 Å². The number of nitrogen functional groups attached to an aromatic ring is 1. The van der Waals surface area contributed by atoms with Crippen LogP contribution in [0.3, 0.4) is 0 Å². The van der Waals surface area contributed by atoms with Gasteiger partial charge in [0.05, 0.1) is 0 Å². The van der Waals surface area contributed by atoms with Gasteiger partial charge in [-0.2, -0.15) is 0 Å². The Bertz CT molecular complexity index is 459. The van der Waals surface area contributed by atoms with E-state index in [-0.39, 0.29) is 16.5 Å². The van der Waals surface area contributed by atoms with Gasteiger partial charge in [0.25, 0.3) is 0 Å². The number of nitrogens with two attached hydrogens (primary N) is 2. The first-order valence-electron chi connectivity index (χ1n) is 8.23. The van der Waals surface area contributed by atoms with Crippen LogP contribution < -0.4 is 11.5 Å². The zero-order chi connectivity index (χ0) is 17.9. The Hall–Kier alpha value is -1.44. The van der Waals surface area contributed by atoms with Gasteiger partial charge in [0.15, 0.2) is 17.5 Å². The van der Waals surface area contributed by atoms with Gasteiger partial charge in [0, 0.05) is 19.2 Å². The minimum Gasteiger partial charge on any atom is -0.381 e. The van der Waals surface area contributed by atoms with E-state index in [0.717, 1.165) is 25.9 Å². The molecule has 3 rings (SSSR count). The Labute approximate surface area is 149 Å². The van der Waals surface area contributed by atoms with Crippen molar-refractivity contribution in [2.75, 3.05) is 18.8 Å². The molecule has 0 atom stereocenters. The lowest BCUT2D eigenvalue weighted by Crippen LogP contribution is -2.32. The zero-order valence-electron chi connectivity index (χ0n) is 13.7. The molecule has 2 aliphatic rings. The Balaban J connectivity index is 0.000000186. The third-order valence-corrected chi connectivity index (χ3v) is 4.39. The predicted octanol–water partition coefficient (Wildman–Crippen LogP) is 4.21. The molecule has 1 aliphatic heterocycles. The highest BCUT2D eigenvalue weighted by Gasteiger charge is 2.13. The fourth-order valence-electron chi connectivity index (χ4n) is 2.46. The number of rotatable bonds is 0. The Kier molecular flexibility index (Phi) is 9.59. The van der Waals surface area contributed by atoms with Crippen LogP contribution in [0.5, 0.6) is 0 Å². The molecule has 0 unspecified atom stereocenters. The highest BCUT2D eigenvalue weighted by atomic mass is 79.9. The van der Waals surface area contributed by atoms with E-state index in [1.54, 1.807) is 4.90 Å². The topological polar surface area (TPSA) is 85.2 Å². The van der Waals surface area contributed by atoms with Crippen molar-refractivity contribution in [3.8, 4) is 0 Å². The number of pyridine rings is 1. The second-order valence-electron chi connectivity index (χ2n) is 5.78. The first kappa shape index (κ1) is 20.6. The van der Waals surface area contributed by atoms with Crippen molar-refractivity contribution in [2.45, 2.75) is 51.4 Å². The lowest BCUT2D eigenvalue weighted by Gasteiger charge is -2.09. The van der Waals surface area contributed by atoms with Gasteiger partial charge in [0.2, 0.25) is 0 Å². The summed E-state index contributed by atoms with van der Waals surface area (Å²) >= 11 is 2.75. The molecule has 1 aliphatic carbocycles. The molecule has 8 heteroatoms. The average molecular weight is 407 g/mol. The third kappa shape index (κ3) is 7.90. The molecule has 1 aromatic heterocycles. The van der Waals surface area contributed by atoms with Crippen molar-refractivity contribution in [1.82, 2.24) is 9.88 Å². The van der Waals surface area contributed by atoms with E-state index < -0.39 is 11.6 Å². The van der Waals surface area contributed by atoms with Crippen LogP contribution in [0.1, 0.15) is 51.4 Å². The number of carbonyl (C=O) groups is 1. The van der Waals surface area contributed by atoms with Crippen LogP contribution in [0.2, 0.25) is 0 Å². The molecule has 24 heavy (non-hydrogen) atoms. The fraction of sp³-hybridized carbons (Fsp3) is 0.625. The number of urea groups is 1. The fourth-order valence-corrected chi connectivity index (χ4v) is 2.76. The lowest BCUT2D eigenvalue weighted by molar-refractivity contribution is 0.218. The Morgan fingerprint density at radius 2 is 1.46 bits per heavy atom. The van der Waals surface area contributed by atoms with Crippen molar-refractivity contribution < 1.29 is 13.6 Å². The van der Waals surface area contributed by atoms with Crippen molar-refractivity contribution in [3.05, 3.63) is 22.3 Å². The van der Waals surface area contributed by atoms with Crippen LogP contribution in [0.25, 0.3) is 0 Å². The van der Waals surface area contributed by atoms with Gasteiger partial charge in [-0.05, 0) is 28.8 Å². The van der Waals surface area contributed by atoms with E-state index >= 15 is 0 Å². The van der Waals surface area contributed by atoms with Crippen molar-refractivity contribution >= 4 is 27.8 Å². The molecule has 1 saturated carbocycles. The number of amides is 2. The number of nitrogens with zero attached hydrogens (tertiary/aromatic N) is 2. The first-order valence-corrected chi connectivity index (χ1v) is 9.02. The number of carbonyl (C=O) groups excluding carboxylic acids is 1. The molecule has 136 valence electrons. The number of hydrogen-bond donors (Lipinski definition) is 2. The zero-order valence-corrected chi connectivity index (χ0v) is 15.3. The quantitative estimate of drug-likeness (QED) is 0.632. The van der Waals surface area contributed by atoms with Crippen LogP contribution in [-0.2, 0) is 0 Å². The van der Waals surface area contributed by atoms with Crippen molar-refractivity contribution in [1.29, 1.82) is 0 Å². The molecule has 2 amide bonds. The largest absolute Gasteiger partial charge is 0.381 e. The molecule has 5 nitrogen and oxygen atoms in total. The summed E-state index contributed by atoms with van der Waals surface area (Å²) < 4.78 is 24.6. The van der Waals surface area contributed by atoms with Crippen LogP contribution in [0.15, 0.2) is 10.7 Å².